The molecule has 0 spiro atoms. The predicted octanol–water partition coefficient (Wildman–Crippen LogP) is 4.70. The van der Waals surface area contributed by atoms with Crippen molar-refractivity contribution in [2.45, 2.75) is 32.7 Å². The molecule has 5 nitrogen and oxygen atoms in total. The number of hydrogen-bond acceptors (Lipinski definition) is 4. The molecule has 2 aromatic carbocycles. The summed E-state index contributed by atoms with van der Waals surface area (Å²) < 4.78 is 12.1. The molecule has 1 heterocycles. The molecule has 3 rings (SSSR count). The summed E-state index contributed by atoms with van der Waals surface area (Å²) in [5.74, 6) is 1.44. The van der Waals surface area contributed by atoms with Crippen molar-refractivity contribution in [1.82, 2.24) is 5.32 Å². The number of halogens is 1. The van der Waals surface area contributed by atoms with E-state index < -0.39 is 0 Å². The Balaban J connectivity index is 1.61. The second-order valence-corrected chi connectivity index (χ2v) is 8.04. The van der Waals surface area contributed by atoms with Crippen LogP contribution in [0.3, 0.4) is 0 Å². The molecule has 0 aromatic heterocycles. The van der Waals surface area contributed by atoms with E-state index in [1.54, 1.807) is 12.1 Å². The van der Waals surface area contributed by atoms with Gasteiger partial charge in [0.1, 0.15) is 13.2 Å². The summed E-state index contributed by atoms with van der Waals surface area (Å²) in [6.45, 7) is 5.17. The van der Waals surface area contributed by atoms with Crippen LogP contribution in [0.1, 0.15) is 48.7 Å². The van der Waals surface area contributed by atoms with Crippen LogP contribution >= 0.6 is 15.9 Å². The number of ether oxygens (including phenoxy) is 2. The molecule has 2 aromatic rings. The van der Waals surface area contributed by atoms with Gasteiger partial charge in [0.15, 0.2) is 17.3 Å². The number of hydrogen-bond donors (Lipinski definition) is 1. The van der Waals surface area contributed by atoms with Gasteiger partial charge in [-0.25, -0.2) is 0 Å². The highest BCUT2D eigenvalue weighted by atomic mass is 79.9. The van der Waals surface area contributed by atoms with Crippen molar-refractivity contribution in [2.24, 2.45) is 5.92 Å². The first kappa shape index (κ1) is 20.4. The van der Waals surface area contributed by atoms with Crippen molar-refractivity contribution < 1.29 is 19.1 Å². The quantitative estimate of drug-likeness (QED) is 0.627. The molecular weight excluding hydrogens is 422 g/mol. The number of carbonyl (C=O) groups excluding carboxylic acids is 2. The van der Waals surface area contributed by atoms with Gasteiger partial charge < -0.3 is 14.8 Å². The maximum atomic E-state index is 12.5. The Bertz CT molecular complexity index is 848. The topological polar surface area (TPSA) is 64.6 Å². The maximum Gasteiger partial charge on any atom is 0.220 e. The molecule has 6 heteroatoms. The number of nitrogens with one attached hydrogen (secondary N) is 1. The van der Waals surface area contributed by atoms with E-state index in [9.17, 15) is 9.59 Å². The number of Topliss-reactive ketones (excluding diaryl/α,β-unsaturated/α-hetero) is 1. The Morgan fingerprint density at radius 2 is 1.68 bits per heavy atom. The van der Waals surface area contributed by atoms with Crippen LogP contribution in [0.15, 0.2) is 46.9 Å². The van der Waals surface area contributed by atoms with E-state index in [0.717, 1.165) is 15.8 Å². The van der Waals surface area contributed by atoms with E-state index in [4.69, 9.17) is 9.47 Å². The van der Waals surface area contributed by atoms with Crippen molar-refractivity contribution in [2.75, 3.05) is 13.2 Å². The van der Waals surface area contributed by atoms with Gasteiger partial charge in [-0.05, 0) is 35.7 Å². The second kappa shape index (κ2) is 9.24. The van der Waals surface area contributed by atoms with Crippen LogP contribution in [0.2, 0.25) is 0 Å². The third kappa shape index (κ3) is 5.13. The summed E-state index contributed by atoms with van der Waals surface area (Å²) in [5, 5.41) is 3.06. The van der Waals surface area contributed by atoms with Gasteiger partial charge in [-0.3, -0.25) is 9.59 Å². The van der Waals surface area contributed by atoms with E-state index in [-0.39, 0.29) is 36.5 Å². The zero-order valence-corrected chi connectivity index (χ0v) is 17.6. The van der Waals surface area contributed by atoms with Crippen LogP contribution in [-0.4, -0.2) is 24.9 Å². The average Bonchev–Trinajstić information content (AvgIpc) is 2.70. The summed E-state index contributed by atoms with van der Waals surface area (Å²) >= 11 is 3.35. The summed E-state index contributed by atoms with van der Waals surface area (Å²) in [4.78, 5) is 24.8. The molecule has 0 saturated carbocycles. The molecule has 28 heavy (non-hydrogen) atoms. The van der Waals surface area contributed by atoms with E-state index in [1.165, 1.54) is 0 Å². The Kier molecular flexibility index (Phi) is 6.73. The summed E-state index contributed by atoms with van der Waals surface area (Å²) in [6, 6.07) is 12.8. The van der Waals surface area contributed by atoms with Gasteiger partial charge in [0, 0.05) is 22.9 Å². The highest BCUT2D eigenvalue weighted by molar-refractivity contribution is 9.10. The second-order valence-electron chi connectivity index (χ2n) is 7.12. The summed E-state index contributed by atoms with van der Waals surface area (Å²) in [6.07, 6.45) is 0.335. The SMILES string of the molecule is CC(C)C(NC(=O)CCC(=O)c1ccc(Br)cc1)c1ccc2c(c1)OCCO2. The first-order chi connectivity index (χ1) is 13.4. The van der Waals surface area contributed by atoms with Crippen molar-refractivity contribution >= 4 is 27.6 Å². The van der Waals surface area contributed by atoms with Crippen LogP contribution in [0.5, 0.6) is 11.5 Å². The smallest absolute Gasteiger partial charge is 0.220 e. The van der Waals surface area contributed by atoms with Crippen molar-refractivity contribution in [1.29, 1.82) is 0 Å². The molecule has 1 amide bonds. The normalized spacial score (nSPS) is 13.9. The zero-order valence-electron chi connectivity index (χ0n) is 16.0. The number of amides is 1. The third-order valence-electron chi connectivity index (χ3n) is 4.65. The zero-order chi connectivity index (χ0) is 20.1. The molecule has 0 radical (unpaired) electrons. The highest BCUT2D eigenvalue weighted by Crippen LogP contribution is 2.34. The monoisotopic (exact) mass is 445 g/mol. The minimum atomic E-state index is -0.161. The third-order valence-corrected chi connectivity index (χ3v) is 5.18. The Hall–Kier alpha value is -2.34. The molecule has 1 atom stereocenters. The van der Waals surface area contributed by atoms with Gasteiger partial charge in [0.05, 0.1) is 6.04 Å². The predicted molar refractivity (Wildman–Crippen MR) is 111 cm³/mol. The Morgan fingerprint density at radius 3 is 2.36 bits per heavy atom. The number of carbonyl (C=O) groups is 2. The van der Waals surface area contributed by atoms with Crippen molar-refractivity contribution in [3.05, 3.63) is 58.1 Å². The average molecular weight is 446 g/mol. The van der Waals surface area contributed by atoms with Gasteiger partial charge in [0.2, 0.25) is 5.91 Å². The number of benzene rings is 2. The lowest BCUT2D eigenvalue weighted by Crippen LogP contribution is -2.32. The summed E-state index contributed by atoms with van der Waals surface area (Å²) in [5.41, 5.74) is 1.58. The Morgan fingerprint density at radius 1 is 1.00 bits per heavy atom. The fraction of sp³-hybridized carbons (Fsp3) is 0.364. The molecule has 148 valence electrons. The largest absolute Gasteiger partial charge is 0.486 e. The molecule has 0 aliphatic carbocycles. The number of rotatable bonds is 7. The van der Waals surface area contributed by atoms with Crippen molar-refractivity contribution in [3.8, 4) is 11.5 Å². The lowest BCUT2D eigenvalue weighted by atomic mass is 9.95. The summed E-state index contributed by atoms with van der Waals surface area (Å²) in [7, 11) is 0. The first-order valence-corrected chi connectivity index (χ1v) is 10.2. The van der Waals surface area contributed by atoms with Crippen LogP contribution in [0, 0.1) is 5.92 Å². The minimum absolute atomic E-state index is 0.0388. The van der Waals surface area contributed by atoms with E-state index in [1.807, 2.05) is 30.3 Å². The highest BCUT2D eigenvalue weighted by Gasteiger charge is 2.22. The van der Waals surface area contributed by atoms with Crippen LogP contribution in [0.25, 0.3) is 0 Å². The first-order valence-electron chi connectivity index (χ1n) is 9.41. The van der Waals surface area contributed by atoms with Crippen LogP contribution in [-0.2, 0) is 4.79 Å². The molecule has 1 aliphatic rings. The van der Waals surface area contributed by atoms with Crippen LogP contribution < -0.4 is 14.8 Å². The van der Waals surface area contributed by atoms with E-state index in [0.29, 0.717) is 24.5 Å². The van der Waals surface area contributed by atoms with Gasteiger partial charge in [-0.2, -0.15) is 0 Å². The van der Waals surface area contributed by atoms with Gasteiger partial charge in [0.25, 0.3) is 0 Å². The standard InChI is InChI=1S/C22H24BrNO4/c1-14(2)22(16-5-9-19-20(13-16)28-12-11-27-19)24-21(26)10-8-18(25)15-3-6-17(23)7-4-15/h3-7,9,13-14,22H,8,10-12H2,1-2H3,(H,24,26). The van der Waals surface area contributed by atoms with Gasteiger partial charge >= 0.3 is 0 Å². The molecule has 0 fully saturated rings. The maximum absolute atomic E-state index is 12.5. The molecule has 1 N–H and O–H groups in total. The molecule has 1 aliphatic heterocycles. The van der Waals surface area contributed by atoms with Crippen molar-refractivity contribution in [3.63, 3.8) is 0 Å². The van der Waals surface area contributed by atoms with Crippen LogP contribution in [0.4, 0.5) is 0 Å². The molecular formula is C22H24BrNO4. The van der Waals surface area contributed by atoms with Gasteiger partial charge in [-0.15, -0.1) is 0 Å². The Labute approximate surface area is 173 Å². The lowest BCUT2D eigenvalue weighted by Gasteiger charge is -2.25. The molecule has 0 bridgehead atoms. The fourth-order valence-electron chi connectivity index (χ4n) is 3.14. The number of ketones is 1. The number of fused-ring (bicyclic) bond motifs is 1. The van der Waals surface area contributed by atoms with E-state index in [2.05, 4.69) is 35.1 Å². The molecule has 1 unspecified atom stereocenters. The van der Waals surface area contributed by atoms with E-state index >= 15 is 0 Å². The minimum Gasteiger partial charge on any atom is -0.486 e. The fourth-order valence-corrected chi connectivity index (χ4v) is 3.41. The lowest BCUT2D eigenvalue weighted by molar-refractivity contribution is -0.122. The molecule has 0 saturated heterocycles. The van der Waals surface area contributed by atoms with Gasteiger partial charge in [-0.1, -0.05) is 48.0 Å².